The maximum Gasteiger partial charge on any atom is 0.233 e. The molecule has 1 fully saturated rings. The zero-order chi connectivity index (χ0) is 29.4. The predicted octanol–water partition coefficient (Wildman–Crippen LogP) is 13.1. The van der Waals surface area contributed by atoms with Gasteiger partial charge in [0.25, 0.3) is 0 Å². The van der Waals surface area contributed by atoms with Crippen molar-refractivity contribution < 1.29 is 19.6 Å². The van der Waals surface area contributed by atoms with E-state index in [0.717, 1.165) is 38.5 Å². The van der Waals surface area contributed by atoms with E-state index >= 15 is 0 Å². The predicted molar refractivity (Wildman–Crippen MR) is 176 cm³/mol. The van der Waals surface area contributed by atoms with Crippen molar-refractivity contribution in [1.29, 1.82) is 0 Å². The molecule has 0 spiro atoms. The first-order chi connectivity index (χ1) is 20.3. The van der Waals surface area contributed by atoms with E-state index in [0.29, 0.717) is 13.2 Å². The first kappa shape index (κ1) is 38.9. The molecule has 0 unspecified atom stereocenters. The lowest BCUT2D eigenvalue weighted by Gasteiger charge is -2.26. The third-order valence-corrected chi connectivity index (χ3v) is 8.95. The van der Waals surface area contributed by atoms with Crippen molar-refractivity contribution in [1.82, 2.24) is 0 Å². The van der Waals surface area contributed by atoms with E-state index < -0.39 is 5.79 Å². The number of unbranched alkanes of at least 4 members (excludes halogenated alkanes) is 26. The minimum absolute atomic E-state index is 0.655. The van der Waals surface area contributed by atoms with Gasteiger partial charge in [-0.2, -0.15) is 9.78 Å². The Hall–Kier alpha value is -0.160. The minimum atomic E-state index is -0.675. The maximum atomic E-state index is 5.78. The van der Waals surface area contributed by atoms with Gasteiger partial charge in [0.2, 0.25) is 5.79 Å². The third kappa shape index (κ3) is 26.0. The quantitative estimate of drug-likeness (QED) is 0.0327. The van der Waals surface area contributed by atoms with Crippen LogP contribution in [0.1, 0.15) is 219 Å². The van der Waals surface area contributed by atoms with Gasteiger partial charge in [-0.05, 0) is 25.7 Å². The zero-order valence-corrected chi connectivity index (χ0v) is 28.2. The second-order valence-electron chi connectivity index (χ2n) is 13.1. The van der Waals surface area contributed by atoms with Gasteiger partial charge in [0.05, 0.1) is 13.2 Å². The average Bonchev–Trinajstić information content (AvgIpc) is 3.45. The molecule has 0 aromatic heterocycles. The van der Waals surface area contributed by atoms with Gasteiger partial charge in [0.15, 0.2) is 0 Å². The summed E-state index contributed by atoms with van der Waals surface area (Å²) in [5.41, 5.74) is 0. The highest BCUT2D eigenvalue weighted by atomic mass is 17.3. The molecule has 0 N–H and O–H groups in total. The topological polar surface area (TPSA) is 36.9 Å². The first-order valence-corrected chi connectivity index (χ1v) is 18.9. The van der Waals surface area contributed by atoms with Gasteiger partial charge in [-0.1, -0.05) is 181 Å². The van der Waals surface area contributed by atoms with Crippen molar-refractivity contribution >= 4 is 0 Å². The van der Waals surface area contributed by atoms with Gasteiger partial charge >= 0.3 is 0 Å². The second kappa shape index (κ2) is 31.3. The lowest BCUT2D eigenvalue weighted by atomic mass is 10.0. The van der Waals surface area contributed by atoms with Crippen LogP contribution in [0.2, 0.25) is 0 Å². The molecule has 41 heavy (non-hydrogen) atoms. The standard InChI is InChI=1S/C37H74O4/c1-3-5-7-9-11-13-15-17-19-21-23-25-27-31-35-38-40-37(33-29-30-34-37)41-39-36-32-28-26-24-22-20-18-16-14-12-10-8-6-4-2/h3-36H2,1-2H3. The van der Waals surface area contributed by atoms with Crippen molar-refractivity contribution in [3.63, 3.8) is 0 Å². The molecule has 0 aliphatic heterocycles. The monoisotopic (exact) mass is 583 g/mol. The van der Waals surface area contributed by atoms with Crippen LogP contribution in [-0.4, -0.2) is 19.0 Å². The second-order valence-corrected chi connectivity index (χ2v) is 13.1. The van der Waals surface area contributed by atoms with E-state index in [1.807, 2.05) is 0 Å². The fraction of sp³-hybridized carbons (Fsp3) is 1.00. The van der Waals surface area contributed by atoms with Gasteiger partial charge in [0, 0.05) is 12.8 Å². The van der Waals surface area contributed by atoms with Crippen LogP contribution in [0.25, 0.3) is 0 Å². The molecule has 4 nitrogen and oxygen atoms in total. The summed E-state index contributed by atoms with van der Waals surface area (Å²) in [5, 5.41) is 0. The van der Waals surface area contributed by atoms with Crippen LogP contribution < -0.4 is 0 Å². The highest BCUT2D eigenvalue weighted by Crippen LogP contribution is 2.35. The molecule has 4 heteroatoms. The van der Waals surface area contributed by atoms with Crippen molar-refractivity contribution in [2.75, 3.05) is 13.2 Å². The van der Waals surface area contributed by atoms with Gasteiger partial charge in [-0.25, -0.2) is 9.78 Å². The lowest BCUT2D eigenvalue weighted by Crippen LogP contribution is -2.33. The summed E-state index contributed by atoms with van der Waals surface area (Å²) in [7, 11) is 0. The van der Waals surface area contributed by atoms with E-state index in [4.69, 9.17) is 19.6 Å². The molecule has 0 amide bonds. The van der Waals surface area contributed by atoms with E-state index in [2.05, 4.69) is 13.8 Å². The molecule has 1 rings (SSSR count). The maximum absolute atomic E-state index is 5.78. The summed E-state index contributed by atoms with van der Waals surface area (Å²) in [4.78, 5) is 22.8. The Labute approximate surface area is 257 Å². The highest BCUT2D eigenvalue weighted by molar-refractivity contribution is 4.74. The Morgan fingerprint density at radius 1 is 0.341 bits per heavy atom. The Kier molecular flexibility index (Phi) is 29.6. The van der Waals surface area contributed by atoms with E-state index in [-0.39, 0.29) is 0 Å². The van der Waals surface area contributed by atoms with Crippen LogP contribution in [0, 0.1) is 0 Å². The van der Waals surface area contributed by atoms with Crippen LogP contribution >= 0.6 is 0 Å². The van der Waals surface area contributed by atoms with E-state index in [1.54, 1.807) is 0 Å². The number of hydrogen-bond acceptors (Lipinski definition) is 4. The molecule has 0 heterocycles. The molecule has 0 radical (unpaired) electrons. The Morgan fingerprint density at radius 2 is 0.585 bits per heavy atom. The number of rotatable bonds is 34. The van der Waals surface area contributed by atoms with Crippen LogP contribution in [0.15, 0.2) is 0 Å². The third-order valence-electron chi connectivity index (χ3n) is 8.95. The fourth-order valence-electron chi connectivity index (χ4n) is 6.10. The normalized spacial score (nSPS) is 14.8. The molecular formula is C37H74O4. The van der Waals surface area contributed by atoms with Crippen LogP contribution in [-0.2, 0) is 19.6 Å². The largest absolute Gasteiger partial charge is 0.234 e. The zero-order valence-electron chi connectivity index (χ0n) is 28.2. The van der Waals surface area contributed by atoms with Gasteiger partial charge in [-0.3, -0.25) is 0 Å². The molecular weight excluding hydrogens is 508 g/mol. The summed E-state index contributed by atoms with van der Waals surface area (Å²) in [6.07, 6.45) is 42.3. The summed E-state index contributed by atoms with van der Waals surface area (Å²) in [5.74, 6) is -0.675. The smallest absolute Gasteiger partial charge is 0.233 e. The summed E-state index contributed by atoms with van der Waals surface area (Å²) < 4.78 is 0. The van der Waals surface area contributed by atoms with Crippen molar-refractivity contribution in [3.8, 4) is 0 Å². The molecule has 1 saturated carbocycles. The number of hydrogen-bond donors (Lipinski definition) is 0. The van der Waals surface area contributed by atoms with Crippen LogP contribution in [0.5, 0.6) is 0 Å². The van der Waals surface area contributed by atoms with Crippen molar-refractivity contribution in [2.45, 2.75) is 225 Å². The van der Waals surface area contributed by atoms with Crippen LogP contribution in [0.4, 0.5) is 0 Å². The fourth-order valence-corrected chi connectivity index (χ4v) is 6.10. The van der Waals surface area contributed by atoms with Gasteiger partial charge in [-0.15, -0.1) is 0 Å². The molecule has 246 valence electrons. The van der Waals surface area contributed by atoms with Crippen molar-refractivity contribution in [2.24, 2.45) is 0 Å². The first-order valence-electron chi connectivity index (χ1n) is 18.9. The van der Waals surface area contributed by atoms with Gasteiger partial charge < -0.3 is 0 Å². The minimum Gasteiger partial charge on any atom is -0.234 e. The SMILES string of the molecule is CCCCCCCCCCCCCCCCOOC1(OOCCCCCCCCCCCCCCCC)CCCC1. The molecule has 0 aromatic carbocycles. The van der Waals surface area contributed by atoms with E-state index in [9.17, 15) is 0 Å². The lowest BCUT2D eigenvalue weighted by molar-refractivity contribution is -0.509. The Morgan fingerprint density at radius 3 is 0.854 bits per heavy atom. The van der Waals surface area contributed by atoms with E-state index in [1.165, 1.54) is 167 Å². The molecule has 0 atom stereocenters. The summed E-state index contributed by atoms with van der Waals surface area (Å²) in [6, 6.07) is 0. The molecule has 0 saturated heterocycles. The summed E-state index contributed by atoms with van der Waals surface area (Å²) >= 11 is 0. The average molecular weight is 583 g/mol. The molecule has 1 aliphatic carbocycles. The Balaban J connectivity index is 1.84. The van der Waals surface area contributed by atoms with Gasteiger partial charge in [0.1, 0.15) is 0 Å². The highest BCUT2D eigenvalue weighted by Gasteiger charge is 2.39. The molecule has 0 aromatic rings. The Bertz CT molecular complexity index is 453. The molecule has 1 aliphatic rings. The summed E-state index contributed by atoms with van der Waals surface area (Å²) in [6.45, 7) is 5.89. The van der Waals surface area contributed by atoms with Crippen molar-refractivity contribution in [3.05, 3.63) is 0 Å². The molecule has 0 bridgehead atoms. The van der Waals surface area contributed by atoms with Crippen LogP contribution in [0.3, 0.4) is 0 Å².